The first-order valence-corrected chi connectivity index (χ1v) is 11.7. The first-order valence-electron chi connectivity index (χ1n) is 9.44. The molecule has 154 valence electrons. The number of methoxy groups -OCH3 is 1. The molecule has 0 aliphatic carbocycles. The third-order valence-corrected chi connectivity index (χ3v) is 7.45. The Morgan fingerprint density at radius 2 is 1.79 bits per heavy atom. The number of ether oxygens (including phenoxy) is 2. The minimum Gasteiger partial charge on any atom is -0.493 e. The van der Waals surface area contributed by atoms with Gasteiger partial charge in [-0.15, -0.1) is 0 Å². The van der Waals surface area contributed by atoms with Crippen LogP contribution in [-0.4, -0.2) is 50.6 Å². The molecule has 0 N–H and O–H groups in total. The summed E-state index contributed by atoms with van der Waals surface area (Å²) in [5.41, 5.74) is 0.627. The third-order valence-electron chi connectivity index (χ3n) is 5.27. The third kappa shape index (κ3) is 4.01. The Morgan fingerprint density at radius 3 is 2.52 bits per heavy atom. The van der Waals surface area contributed by atoms with Crippen molar-refractivity contribution < 1.29 is 17.9 Å². The number of benzene rings is 2. The molecule has 2 heterocycles. The van der Waals surface area contributed by atoms with Crippen LogP contribution in [0.1, 0.15) is 12.8 Å². The Morgan fingerprint density at radius 1 is 1.03 bits per heavy atom. The summed E-state index contributed by atoms with van der Waals surface area (Å²) in [7, 11) is -0.129. The van der Waals surface area contributed by atoms with Crippen molar-refractivity contribution >= 4 is 36.9 Å². The van der Waals surface area contributed by atoms with Gasteiger partial charge in [0.1, 0.15) is 6.10 Å². The van der Waals surface area contributed by atoms with Crippen LogP contribution >= 0.6 is 15.9 Å². The fourth-order valence-corrected chi connectivity index (χ4v) is 5.35. The van der Waals surface area contributed by atoms with Crippen LogP contribution in [0.4, 0.5) is 0 Å². The minimum absolute atomic E-state index is 0.0443. The molecule has 6 nitrogen and oxygen atoms in total. The van der Waals surface area contributed by atoms with E-state index in [4.69, 9.17) is 9.47 Å². The highest BCUT2D eigenvalue weighted by molar-refractivity contribution is 9.10. The fourth-order valence-electron chi connectivity index (χ4n) is 3.60. The maximum Gasteiger partial charge on any atom is 0.268 e. The molecule has 0 bridgehead atoms. The average molecular weight is 479 g/mol. The van der Waals surface area contributed by atoms with Gasteiger partial charge >= 0.3 is 0 Å². The van der Waals surface area contributed by atoms with Gasteiger partial charge in [0, 0.05) is 35.2 Å². The maximum atomic E-state index is 13.3. The Hall–Kier alpha value is -2.03. The number of likely N-dealkylation sites (tertiary alicyclic amines) is 1. The van der Waals surface area contributed by atoms with Gasteiger partial charge in [-0.3, -0.25) is 0 Å². The first kappa shape index (κ1) is 20.3. The Kier molecular flexibility index (Phi) is 5.59. The van der Waals surface area contributed by atoms with Gasteiger partial charge < -0.3 is 14.4 Å². The maximum absolute atomic E-state index is 13.3. The van der Waals surface area contributed by atoms with Crippen molar-refractivity contribution in [3.8, 4) is 11.5 Å². The monoisotopic (exact) mass is 478 g/mol. The summed E-state index contributed by atoms with van der Waals surface area (Å²) in [6.45, 7) is 1.91. The Labute approximate surface area is 179 Å². The van der Waals surface area contributed by atoms with E-state index in [2.05, 4.69) is 27.9 Å². The van der Waals surface area contributed by atoms with E-state index in [-0.39, 0.29) is 11.0 Å². The quantitative estimate of drug-likeness (QED) is 0.551. The van der Waals surface area contributed by atoms with E-state index < -0.39 is 10.0 Å². The number of fused-ring (bicyclic) bond motifs is 1. The lowest BCUT2D eigenvalue weighted by atomic mass is 10.1. The van der Waals surface area contributed by atoms with Crippen molar-refractivity contribution in [1.82, 2.24) is 8.87 Å². The van der Waals surface area contributed by atoms with E-state index in [0.717, 1.165) is 35.8 Å². The molecule has 4 rings (SSSR count). The van der Waals surface area contributed by atoms with Crippen molar-refractivity contribution in [2.75, 3.05) is 27.2 Å². The number of nitrogens with zero attached hydrogens (tertiary/aromatic N) is 2. The molecule has 29 heavy (non-hydrogen) atoms. The summed E-state index contributed by atoms with van der Waals surface area (Å²) in [5.74, 6) is 0.992. The van der Waals surface area contributed by atoms with Crippen molar-refractivity contribution in [1.29, 1.82) is 0 Å². The van der Waals surface area contributed by atoms with Gasteiger partial charge in [-0.1, -0.05) is 15.9 Å². The number of hydrogen-bond donors (Lipinski definition) is 0. The smallest absolute Gasteiger partial charge is 0.268 e. The van der Waals surface area contributed by atoms with Gasteiger partial charge in [-0.05, 0) is 56.3 Å². The van der Waals surface area contributed by atoms with Gasteiger partial charge in [0.25, 0.3) is 10.0 Å². The first-order chi connectivity index (χ1) is 13.9. The molecule has 0 atom stereocenters. The highest BCUT2D eigenvalue weighted by Gasteiger charge is 2.24. The molecule has 1 fully saturated rings. The second kappa shape index (κ2) is 8.01. The zero-order chi connectivity index (χ0) is 20.6. The van der Waals surface area contributed by atoms with E-state index in [1.54, 1.807) is 43.6 Å². The highest BCUT2D eigenvalue weighted by Crippen LogP contribution is 2.34. The lowest BCUT2D eigenvalue weighted by molar-refractivity contribution is 0.111. The Bertz CT molecular complexity index is 1130. The summed E-state index contributed by atoms with van der Waals surface area (Å²) in [6, 6.07) is 12.1. The number of rotatable bonds is 5. The van der Waals surface area contributed by atoms with Crippen LogP contribution in [0.2, 0.25) is 0 Å². The molecule has 2 aromatic carbocycles. The minimum atomic E-state index is -3.77. The lowest BCUT2D eigenvalue weighted by Crippen LogP contribution is -2.35. The summed E-state index contributed by atoms with van der Waals surface area (Å²) in [5, 5.41) is 0.847. The van der Waals surface area contributed by atoms with E-state index in [0.29, 0.717) is 17.0 Å². The van der Waals surface area contributed by atoms with Crippen molar-refractivity contribution in [3.63, 3.8) is 0 Å². The highest BCUT2D eigenvalue weighted by atomic mass is 79.9. The van der Waals surface area contributed by atoms with Crippen molar-refractivity contribution in [2.24, 2.45) is 0 Å². The molecule has 0 unspecified atom stereocenters. The largest absolute Gasteiger partial charge is 0.493 e. The van der Waals surface area contributed by atoms with Crippen LogP contribution < -0.4 is 9.47 Å². The van der Waals surface area contributed by atoms with E-state index >= 15 is 0 Å². The summed E-state index contributed by atoms with van der Waals surface area (Å²) in [6.07, 6.45) is 3.41. The summed E-state index contributed by atoms with van der Waals surface area (Å²) in [4.78, 5) is 2.43. The predicted molar refractivity (Wildman–Crippen MR) is 116 cm³/mol. The average Bonchev–Trinajstić information content (AvgIpc) is 3.13. The molecule has 0 saturated carbocycles. The fraction of sp³-hybridized carbons (Fsp3) is 0.333. The molecule has 0 radical (unpaired) electrons. The van der Waals surface area contributed by atoms with Crippen LogP contribution in [0, 0.1) is 0 Å². The number of hydrogen-bond acceptors (Lipinski definition) is 5. The van der Waals surface area contributed by atoms with E-state index in [9.17, 15) is 8.42 Å². The van der Waals surface area contributed by atoms with Crippen molar-refractivity contribution in [3.05, 3.63) is 53.1 Å². The zero-order valence-electron chi connectivity index (χ0n) is 16.3. The van der Waals surface area contributed by atoms with Gasteiger partial charge in [-0.2, -0.15) is 0 Å². The second-order valence-electron chi connectivity index (χ2n) is 7.25. The second-order valence-corrected chi connectivity index (χ2v) is 9.98. The van der Waals surface area contributed by atoms with Gasteiger partial charge in [0.2, 0.25) is 0 Å². The molecule has 1 aliphatic heterocycles. The van der Waals surface area contributed by atoms with Crippen LogP contribution in [-0.2, 0) is 10.0 Å². The predicted octanol–water partition coefficient (Wildman–Crippen LogP) is 4.12. The van der Waals surface area contributed by atoms with E-state index in [1.807, 2.05) is 12.1 Å². The zero-order valence-corrected chi connectivity index (χ0v) is 18.7. The molecule has 1 aliphatic rings. The Balaban J connectivity index is 1.70. The molecule has 1 aromatic heterocycles. The topological polar surface area (TPSA) is 60.8 Å². The lowest BCUT2D eigenvalue weighted by Gasteiger charge is -2.29. The number of halogens is 1. The number of piperidine rings is 1. The van der Waals surface area contributed by atoms with Crippen LogP contribution in [0.15, 0.2) is 58.0 Å². The van der Waals surface area contributed by atoms with Gasteiger partial charge in [0.05, 0.1) is 17.5 Å². The van der Waals surface area contributed by atoms with Crippen molar-refractivity contribution in [2.45, 2.75) is 23.8 Å². The SMILES string of the molecule is COc1ccc(S(=O)(=O)n2ccc3cc(Br)ccc32)cc1OC1CCN(C)CC1. The van der Waals surface area contributed by atoms with Gasteiger partial charge in [0.15, 0.2) is 11.5 Å². The normalized spacial score (nSPS) is 16.2. The number of aromatic nitrogens is 1. The molecular weight excluding hydrogens is 456 g/mol. The van der Waals surface area contributed by atoms with E-state index in [1.165, 1.54) is 3.97 Å². The van der Waals surface area contributed by atoms with Crippen LogP contribution in [0.3, 0.4) is 0 Å². The standard InChI is InChI=1S/C21H23BrN2O4S/c1-23-10-8-17(9-11-23)28-21-14-18(4-6-20(21)27-2)29(25,26)24-12-7-15-13-16(22)3-5-19(15)24/h3-7,12-14,17H,8-11H2,1-2H3. The molecule has 0 amide bonds. The summed E-state index contributed by atoms with van der Waals surface area (Å²) >= 11 is 3.42. The van der Waals surface area contributed by atoms with Crippen LogP contribution in [0.25, 0.3) is 10.9 Å². The molecule has 8 heteroatoms. The van der Waals surface area contributed by atoms with Gasteiger partial charge in [-0.25, -0.2) is 12.4 Å². The summed E-state index contributed by atoms with van der Waals surface area (Å²) < 4.78 is 40.4. The molecular formula is C21H23BrN2O4S. The molecule has 0 spiro atoms. The molecule has 1 saturated heterocycles. The van der Waals surface area contributed by atoms with Crippen LogP contribution in [0.5, 0.6) is 11.5 Å². The molecule has 3 aromatic rings.